The van der Waals surface area contributed by atoms with Gasteiger partial charge in [0.05, 0.1) is 0 Å². The molecule has 0 saturated heterocycles. The van der Waals surface area contributed by atoms with Crippen molar-refractivity contribution in [2.45, 2.75) is 52.0 Å². The van der Waals surface area contributed by atoms with Crippen molar-refractivity contribution in [2.75, 3.05) is 12.3 Å². The van der Waals surface area contributed by atoms with E-state index in [1.54, 1.807) is 0 Å². The molecule has 102 valence electrons. The van der Waals surface area contributed by atoms with Gasteiger partial charge in [-0.05, 0) is 58.7 Å². The second-order valence-corrected chi connectivity index (χ2v) is 7.38. The van der Waals surface area contributed by atoms with Crippen LogP contribution in [0, 0.1) is 19.8 Å². The van der Waals surface area contributed by atoms with Crippen molar-refractivity contribution in [1.29, 1.82) is 0 Å². The quantitative estimate of drug-likeness (QED) is 0.791. The molecule has 0 aromatic heterocycles. The fourth-order valence-corrected chi connectivity index (χ4v) is 2.77. The number of hydrogen-bond acceptors (Lipinski definition) is 2. The Kier molecular flexibility index (Phi) is 5.74. The molecule has 0 saturated carbocycles. The molecule has 1 atom stereocenters. The second-order valence-electron chi connectivity index (χ2n) is 6.32. The molecular formula is C16H27NS. The highest BCUT2D eigenvalue weighted by molar-refractivity contribution is 7.99. The van der Waals surface area contributed by atoms with Crippen molar-refractivity contribution in [3.8, 4) is 0 Å². The lowest BCUT2D eigenvalue weighted by atomic mass is 10.1. The predicted molar refractivity (Wildman–Crippen MR) is 83.6 cm³/mol. The standard InChI is InChI=1S/C16H27NS/c1-12-7-8-15(14(3)9-12)18-11-13(2)10-17-16(4,5)6/h7-9,13,17H,10-11H2,1-6H3. The van der Waals surface area contributed by atoms with Gasteiger partial charge in [0.2, 0.25) is 0 Å². The van der Waals surface area contributed by atoms with Crippen LogP contribution < -0.4 is 5.32 Å². The van der Waals surface area contributed by atoms with Gasteiger partial charge in [0.25, 0.3) is 0 Å². The first-order chi connectivity index (χ1) is 8.28. The zero-order valence-corrected chi connectivity index (χ0v) is 13.4. The molecule has 2 heteroatoms. The average Bonchev–Trinajstić information content (AvgIpc) is 2.24. The molecule has 0 amide bonds. The van der Waals surface area contributed by atoms with E-state index in [4.69, 9.17) is 0 Å². The lowest BCUT2D eigenvalue weighted by Gasteiger charge is -2.23. The van der Waals surface area contributed by atoms with Gasteiger partial charge in [-0.1, -0.05) is 24.6 Å². The summed E-state index contributed by atoms with van der Waals surface area (Å²) >= 11 is 1.97. The van der Waals surface area contributed by atoms with Crippen LogP contribution in [0.3, 0.4) is 0 Å². The van der Waals surface area contributed by atoms with E-state index in [2.05, 4.69) is 65.1 Å². The van der Waals surface area contributed by atoms with E-state index in [9.17, 15) is 0 Å². The summed E-state index contributed by atoms with van der Waals surface area (Å²) in [7, 11) is 0. The SMILES string of the molecule is Cc1ccc(SCC(C)CNC(C)(C)C)c(C)c1. The van der Waals surface area contributed by atoms with Crippen molar-refractivity contribution in [1.82, 2.24) is 5.32 Å². The molecule has 1 unspecified atom stereocenters. The van der Waals surface area contributed by atoms with Crippen LogP contribution in [-0.4, -0.2) is 17.8 Å². The first kappa shape index (κ1) is 15.6. The number of benzene rings is 1. The van der Waals surface area contributed by atoms with Crippen molar-refractivity contribution >= 4 is 11.8 Å². The molecule has 0 bridgehead atoms. The highest BCUT2D eigenvalue weighted by Gasteiger charge is 2.11. The van der Waals surface area contributed by atoms with E-state index in [-0.39, 0.29) is 5.54 Å². The van der Waals surface area contributed by atoms with Crippen LogP contribution >= 0.6 is 11.8 Å². The summed E-state index contributed by atoms with van der Waals surface area (Å²) in [6, 6.07) is 6.72. The molecular weight excluding hydrogens is 238 g/mol. The summed E-state index contributed by atoms with van der Waals surface area (Å²) < 4.78 is 0. The van der Waals surface area contributed by atoms with E-state index in [1.807, 2.05) is 11.8 Å². The Balaban J connectivity index is 2.40. The van der Waals surface area contributed by atoms with Crippen molar-refractivity contribution in [3.63, 3.8) is 0 Å². The minimum absolute atomic E-state index is 0.221. The Morgan fingerprint density at radius 1 is 1.22 bits per heavy atom. The fraction of sp³-hybridized carbons (Fsp3) is 0.625. The van der Waals surface area contributed by atoms with Gasteiger partial charge in [0.1, 0.15) is 0 Å². The van der Waals surface area contributed by atoms with Gasteiger partial charge in [-0.2, -0.15) is 0 Å². The Bertz CT molecular complexity index is 379. The molecule has 1 rings (SSSR count). The monoisotopic (exact) mass is 265 g/mol. The Hall–Kier alpha value is -0.470. The van der Waals surface area contributed by atoms with Crippen LogP contribution in [0.2, 0.25) is 0 Å². The lowest BCUT2D eigenvalue weighted by Crippen LogP contribution is -2.39. The van der Waals surface area contributed by atoms with Crippen LogP contribution in [-0.2, 0) is 0 Å². The first-order valence-electron chi connectivity index (χ1n) is 6.73. The average molecular weight is 265 g/mol. The van der Waals surface area contributed by atoms with E-state index < -0.39 is 0 Å². The number of thioether (sulfide) groups is 1. The van der Waals surface area contributed by atoms with Gasteiger partial charge in [0, 0.05) is 16.2 Å². The van der Waals surface area contributed by atoms with Gasteiger partial charge < -0.3 is 5.32 Å². The highest BCUT2D eigenvalue weighted by Crippen LogP contribution is 2.25. The molecule has 18 heavy (non-hydrogen) atoms. The largest absolute Gasteiger partial charge is 0.312 e. The molecule has 0 heterocycles. The summed E-state index contributed by atoms with van der Waals surface area (Å²) in [6.07, 6.45) is 0. The third kappa shape index (κ3) is 5.92. The maximum absolute atomic E-state index is 3.57. The molecule has 1 aromatic rings. The summed E-state index contributed by atoms with van der Waals surface area (Å²) in [6.45, 7) is 14.4. The molecule has 0 aliphatic heterocycles. The van der Waals surface area contributed by atoms with Crippen molar-refractivity contribution in [3.05, 3.63) is 29.3 Å². The van der Waals surface area contributed by atoms with E-state index in [0.717, 1.165) is 6.54 Å². The summed E-state index contributed by atoms with van der Waals surface area (Å²) in [5.74, 6) is 1.86. The van der Waals surface area contributed by atoms with Crippen molar-refractivity contribution < 1.29 is 0 Å². The first-order valence-corrected chi connectivity index (χ1v) is 7.71. The van der Waals surface area contributed by atoms with Crippen LogP contribution in [0.4, 0.5) is 0 Å². The Morgan fingerprint density at radius 2 is 1.89 bits per heavy atom. The number of aryl methyl sites for hydroxylation is 2. The molecule has 1 nitrogen and oxygen atoms in total. The van der Waals surface area contributed by atoms with E-state index >= 15 is 0 Å². The third-order valence-corrected chi connectivity index (χ3v) is 4.34. The molecule has 1 N–H and O–H groups in total. The van der Waals surface area contributed by atoms with Gasteiger partial charge in [-0.15, -0.1) is 11.8 Å². The van der Waals surface area contributed by atoms with E-state index in [0.29, 0.717) is 5.92 Å². The zero-order valence-electron chi connectivity index (χ0n) is 12.6. The minimum Gasteiger partial charge on any atom is -0.312 e. The zero-order chi connectivity index (χ0) is 13.8. The molecule has 0 fully saturated rings. The fourth-order valence-electron chi connectivity index (χ4n) is 1.73. The minimum atomic E-state index is 0.221. The molecule has 1 aromatic carbocycles. The summed E-state index contributed by atoms with van der Waals surface area (Å²) in [5, 5.41) is 3.57. The molecule has 0 spiro atoms. The summed E-state index contributed by atoms with van der Waals surface area (Å²) in [5.41, 5.74) is 2.97. The normalized spacial score (nSPS) is 13.7. The smallest absolute Gasteiger partial charge is 0.0101 e. The predicted octanol–water partition coefficient (Wildman–Crippen LogP) is 4.42. The molecule has 0 radical (unpaired) electrons. The maximum Gasteiger partial charge on any atom is 0.0101 e. The van der Waals surface area contributed by atoms with Crippen LogP contribution in [0.1, 0.15) is 38.8 Å². The van der Waals surface area contributed by atoms with Gasteiger partial charge in [-0.25, -0.2) is 0 Å². The van der Waals surface area contributed by atoms with Crippen LogP contribution in [0.15, 0.2) is 23.1 Å². The van der Waals surface area contributed by atoms with E-state index in [1.165, 1.54) is 21.8 Å². The Morgan fingerprint density at radius 3 is 2.44 bits per heavy atom. The third-order valence-electron chi connectivity index (χ3n) is 2.83. The molecule has 0 aliphatic rings. The maximum atomic E-state index is 3.57. The summed E-state index contributed by atoms with van der Waals surface area (Å²) in [4.78, 5) is 1.42. The lowest BCUT2D eigenvalue weighted by molar-refractivity contribution is 0.395. The number of hydrogen-bond donors (Lipinski definition) is 1. The van der Waals surface area contributed by atoms with Crippen LogP contribution in [0.5, 0.6) is 0 Å². The topological polar surface area (TPSA) is 12.0 Å². The van der Waals surface area contributed by atoms with Crippen LogP contribution in [0.25, 0.3) is 0 Å². The number of nitrogens with one attached hydrogen (secondary N) is 1. The highest BCUT2D eigenvalue weighted by atomic mass is 32.2. The number of rotatable bonds is 5. The second kappa shape index (κ2) is 6.63. The van der Waals surface area contributed by atoms with Gasteiger partial charge in [-0.3, -0.25) is 0 Å². The Labute approximate surface area is 117 Å². The van der Waals surface area contributed by atoms with Gasteiger partial charge >= 0.3 is 0 Å². The van der Waals surface area contributed by atoms with Gasteiger partial charge in [0.15, 0.2) is 0 Å². The molecule has 0 aliphatic carbocycles. The van der Waals surface area contributed by atoms with Crippen molar-refractivity contribution in [2.24, 2.45) is 5.92 Å².